The summed E-state index contributed by atoms with van der Waals surface area (Å²) in [6.07, 6.45) is 0.287. The van der Waals surface area contributed by atoms with E-state index in [1.54, 1.807) is 7.11 Å². The average molecular weight is 263 g/mol. The molecule has 0 aromatic heterocycles. The summed E-state index contributed by atoms with van der Waals surface area (Å²) in [5.74, 6) is 0.229. The third-order valence-corrected chi connectivity index (χ3v) is 3.16. The molecule has 0 radical (unpaired) electrons. The van der Waals surface area contributed by atoms with Gasteiger partial charge in [-0.1, -0.05) is 31.5 Å². The molecule has 0 atom stereocenters. The van der Waals surface area contributed by atoms with Crippen molar-refractivity contribution in [3.8, 4) is 5.75 Å². The monoisotopic (exact) mass is 263 g/mol. The zero-order valence-corrected chi connectivity index (χ0v) is 12.2. The number of amides is 1. The Kier molecular flexibility index (Phi) is 4.70. The number of methoxy groups -OCH3 is 1. The van der Waals surface area contributed by atoms with E-state index in [9.17, 15) is 9.59 Å². The lowest BCUT2D eigenvalue weighted by Crippen LogP contribution is -2.37. The third kappa shape index (κ3) is 3.56. The van der Waals surface area contributed by atoms with Gasteiger partial charge < -0.3 is 10.1 Å². The minimum atomic E-state index is -0.601. The molecule has 0 saturated carbocycles. The van der Waals surface area contributed by atoms with Crippen molar-refractivity contribution in [1.82, 2.24) is 5.32 Å². The second kappa shape index (κ2) is 5.87. The van der Waals surface area contributed by atoms with Crippen LogP contribution in [0.1, 0.15) is 30.5 Å². The van der Waals surface area contributed by atoms with Gasteiger partial charge in [-0.05, 0) is 19.4 Å². The zero-order valence-electron chi connectivity index (χ0n) is 12.2. The number of rotatable bonds is 5. The topological polar surface area (TPSA) is 55.4 Å². The van der Waals surface area contributed by atoms with Crippen molar-refractivity contribution in [3.63, 3.8) is 0 Å². The third-order valence-electron chi connectivity index (χ3n) is 3.16. The van der Waals surface area contributed by atoms with Gasteiger partial charge in [0.15, 0.2) is 0 Å². The first kappa shape index (κ1) is 15.2. The highest BCUT2D eigenvalue weighted by molar-refractivity contribution is 6.23. The maximum atomic E-state index is 11.1. The summed E-state index contributed by atoms with van der Waals surface area (Å²) in [4.78, 5) is 21.4. The summed E-state index contributed by atoms with van der Waals surface area (Å²) in [6, 6.07) is 4.11. The molecule has 19 heavy (non-hydrogen) atoms. The summed E-state index contributed by atoms with van der Waals surface area (Å²) in [5, 5.41) is 2.60. The van der Waals surface area contributed by atoms with Crippen LogP contribution < -0.4 is 10.1 Å². The van der Waals surface area contributed by atoms with E-state index in [-0.39, 0.29) is 11.7 Å². The largest absolute Gasteiger partial charge is 0.496 e. The standard InChI is InChI=1S/C15H21NO3/c1-10-6-11(2)14(19-5)12(7-10)15(3,4)9-16-13(18)8-17/h6-8H,9H2,1-5H3,(H,16,18). The maximum Gasteiger partial charge on any atom is 0.284 e. The first-order valence-electron chi connectivity index (χ1n) is 6.20. The number of aryl methyl sites for hydroxylation is 2. The number of hydrogen-bond donors (Lipinski definition) is 1. The van der Waals surface area contributed by atoms with E-state index >= 15 is 0 Å². The predicted octanol–water partition coefficient (Wildman–Crippen LogP) is 1.90. The molecule has 1 rings (SSSR count). The van der Waals surface area contributed by atoms with Gasteiger partial charge in [0.2, 0.25) is 6.29 Å². The lowest BCUT2D eigenvalue weighted by Gasteiger charge is -2.28. The van der Waals surface area contributed by atoms with Crippen LogP contribution in [0, 0.1) is 13.8 Å². The van der Waals surface area contributed by atoms with Gasteiger partial charge in [0.1, 0.15) is 5.75 Å². The Balaban J connectivity index is 3.12. The van der Waals surface area contributed by atoms with E-state index in [2.05, 4.69) is 17.4 Å². The van der Waals surface area contributed by atoms with Crippen molar-refractivity contribution in [1.29, 1.82) is 0 Å². The van der Waals surface area contributed by atoms with Crippen molar-refractivity contribution >= 4 is 12.2 Å². The van der Waals surface area contributed by atoms with Gasteiger partial charge in [0.05, 0.1) is 7.11 Å². The molecule has 1 aromatic carbocycles. The number of ether oxygens (including phenoxy) is 1. The summed E-state index contributed by atoms with van der Waals surface area (Å²) >= 11 is 0. The Morgan fingerprint density at radius 2 is 2.00 bits per heavy atom. The van der Waals surface area contributed by atoms with Crippen LogP contribution in [0.5, 0.6) is 5.75 Å². The van der Waals surface area contributed by atoms with Gasteiger partial charge in [-0.3, -0.25) is 9.59 Å². The Morgan fingerprint density at radius 3 is 2.53 bits per heavy atom. The SMILES string of the molecule is COc1c(C)cc(C)cc1C(C)(C)CNC(=O)C=O. The van der Waals surface area contributed by atoms with Gasteiger partial charge >= 0.3 is 0 Å². The number of hydrogen-bond acceptors (Lipinski definition) is 3. The lowest BCUT2D eigenvalue weighted by atomic mass is 9.82. The Bertz CT molecular complexity index is 492. The molecule has 4 nitrogen and oxygen atoms in total. The second-order valence-corrected chi connectivity index (χ2v) is 5.38. The van der Waals surface area contributed by atoms with Crippen LogP contribution in [-0.4, -0.2) is 25.8 Å². The molecule has 0 saturated heterocycles. The Hall–Kier alpha value is -1.84. The summed E-state index contributed by atoms with van der Waals surface area (Å²) in [6.45, 7) is 8.42. The molecule has 0 bridgehead atoms. The Labute approximate surface area is 114 Å². The predicted molar refractivity (Wildman–Crippen MR) is 74.6 cm³/mol. The molecule has 1 N–H and O–H groups in total. The summed E-state index contributed by atoms with van der Waals surface area (Å²) in [7, 11) is 1.64. The van der Waals surface area contributed by atoms with Crippen LogP contribution in [0.15, 0.2) is 12.1 Å². The average Bonchev–Trinajstić information content (AvgIpc) is 2.35. The van der Waals surface area contributed by atoms with E-state index in [0.717, 1.165) is 22.4 Å². The van der Waals surface area contributed by atoms with Crippen molar-refractivity contribution < 1.29 is 14.3 Å². The molecular weight excluding hydrogens is 242 g/mol. The first-order valence-corrected chi connectivity index (χ1v) is 6.20. The molecular formula is C15H21NO3. The van der Waals surface area contributed by atoms with Crippen LogP contribution in [0.2, 0.25) is 0 Å². The fourth-order valence-corrected chi connectivity index (χ4v) is 2.17. The van der Waals surface area contributed by atoms with Gasteiger partial charge in [0.25, 0.3) is 5.91 Å². The molecule has 4 heteroatoms. The molecule has 0 aliphatic rings. The highest BCUT2D eigenvalue weighted by Gasteiger charge is 2.26. The zero-order chi connectivity index (χ0) is 14.6. The molecule has 0 heterocycles. The lowest BCUT2D eigenvalue weighted by molar-refractivity contribution is -0.131. The molecule has 0 aliphatic heterocycles. The van der Waals surface area contributed by atoms with Crippen molar-refractivity contribution in [2.24, 2.45) is 0 Å². The van der Waals surface area contributed by atoms with Gasteiger partial charge in [-0.2, -0.15) is 0 Å². The summed E-state index contributed by atoms with van der Waals surface area (Å²) in [5.41, 5.74) is 2.91. The number of benzene rings is 1. The number of aldehydes is 1. The Morgan fingerprint density at radius 1 is 1.37 bits per heavy atom. The number of nitrogens with one attached hydrogen (secondary N) is 1. The van der Waals surface area contributed by atoms with Gasteiger partial charge in [0, 0.05) is 17.5 Å². The smallest absolute Gasteiger partial charge is 0.284 e. The molecule has 0 spiro atoms. The molecule has 1 amide bonds. The molecule has 104 valence electrons. The van der Waals surface area contributed by atoms with E-state index < -0.39 is 5.91 Å². The molecule has 0 fully saturated rings. The van der Waals surface area contributed by atoms with E-state index in [0.29, 0.717) is 6.54 Å². The van der Waals surface area contributed by atoms with Crippen LogP contribution >= 0.6 is 0 Å². The van der Waals surface area contributed by atoms with Crippen LogP contribution in [0.3, 0.4) is 0 Å². The van der Waals surface area contributed by atoms with Crippen molar-refractivity contribution in [2.45, 2.75) is 33.1 Å². The van der Waals surface area contributed by atoms with Crippen LogP contribution in [0.25, 0.3) is 0 Å². The quantitative estimate of drug-likeness (QED) is 0.652. The molecule has 0 unspecified atom stereocenters. The minimum Gasteiger partial charge on any atom is -0.496 e. The van der Waals surface area contributed by atoms with Gasteiger partial charge in [-0.15, -0.1) is 0 Å². The molecule has 1 aromatic rings. The van der Waals surface area contributed by atoms with Gasteiger partial charge in [-0.25, -0.2) is 0 Å². The first-order chi connectivity index (χ1) is 8.81. The van der Waals surface area contributed by atoms with E-state index in [1.165, 1.54) is 0 Å². The second-order valence-electron chi connectivity index (χ2n) is 5.38. The minimum absolute atomic E-state index is 0.287. The summed E-state index contributed by atoms with van der Waals surface area (Å²) < 4.78 is 5.47. The highest BCUT2D eigenvalue weighted by Crippen LogP contribution is 2.34. The fourth-order valence-electron chi connectivity index (χ4n) is 2.17. The number of carbonyl (C=O) groups excluding carboxylic acids is 2. The van der Waals surface area contributed by atoms with E-state index in [4.69, 9.17) is 4.74 Å². The van der Waals surface area contributed by atoms with Crippen molar-refractivity contribution in [2.75, 3.05) is 13.7 Å². The highest BCUT2D eigenvalue weighted by atomic mass is 16.5. The maximum absolute atomic E-state index is 11.1. The van der Waals surface area contributed by atoms with Crippen molar-refractivity contribution in [3.05, 3.63) is 28.8 Å². The van der Waals surface area contributed by atoms with Crippen LogP contribution in [0.4, 0.5) is 0 Å². The number of carbonyl (C=O) groups is 2. The molecule has 0 aliphatic carbocycles. The normalized spacial score (nSPS) is 11.0. The fraction of sp³-hybridized carbons (Fsp3) is 0.467. The van der Waals surface area contributed by atoms with E-state index in [1.807, 2.05) is 27.7 Å². The van der Waals surface area contributed by atoms with Crippen LogP contribution in [-0.2, 0) is 15.0 Å².